The number of hydrogen-bond donors (Lipinski definition) is 1. The van der Waals surface area contributed by atoms with Crippen LogP contribution in [0.3, 0.4) is 0 Å². The molecule has 47 heavy (non-hydrogen) atoms. The highest BCUT2D eigenvalue weighted by atomic mass is 16.3. The maximum absolute atomic E-state index is 14.7. The van der Waals surface area contributed by atoms with Crippen LogP contribution >= 0.6 is 0 Å². The summed E-state index contributed by atoms with van der Waals surface area (Å²) in [6.07, 6.45) is 4.48. The SMILES string of the molecule is CCCCN(CCCC)C(=O)c1cc(C)n(-c2ccc(-c3ccc4ccccc4c3)cc2C(=O)N2Cc3ccccc3C[C@H]2CO)n1. The van der Waals surface area contributed by atoms with Crippen LogP contribution in [-0.2, 0) is 13.0 Å². The van der Waals surface area contributed by atoms with Gasteiger partial charge in [-0.3, -0.25) is 9.59 Å². The number of amides is 2. The fraction of sp³-hybridized carbons (Fsp3) is 0.325. The zero-order chi connectivity index (χ0) is 32.9. The van der Waals surface area contributed by atoms with Crippen LogP contribution in [0.4, 0.5) is 0 Å². The maximum Gasteiger partial charge on any atom is 0.274 e. The summed E-state index contributed by atoms with van der Waals surface area (Å²) in [5.74, 6) is -0.256. The number of aliphatic hydroxyl groups excluding tert-OH is 1. The Morgan fingerprint density at radius 3 is 2.21 bits per heavy atom. The molecule has 0 aliphatic carbocycles. The number of benzene rings is 4. The van der Waals surface area contributed by atoms with Crippen molar-refractivity contribution < 1.29 is 14.7 Å². The molecule has 0 bridgehead atoms. The van der Waals surface area contributed by atoms with Gasteiger partial charge in [-0.25, -0.2) is 4.68 Å². The van der Waals surface area contributed by atoms with Crippen molar-refractivity contribution in [3.05, 3.63) is 119 Å². The molecule has 2 heterocycles. The molecule has 6 rings (SSSR count). The Hall–Kier alpha value is -4.75. The number of aliphatic hydroxyl groups is 1. The van der Waals surface area contributed by atoms with Crippen LogP contribution in [0, 0.1) is 6.92 Å². The molecule has 1 aromatic heterocycles. The standard InChI is InChI=1S/C40H44N4O3/c1-4-6-20-42(21-7-5-2)40(47)37-22-28(3)44(41-37)38-19-18-33(32-17-16-29-12-8-9-13-30(29)23-32)25-36(38)39(46)43-26-34-15-11-10-14-31(34)24-35(43)27-45/h8-19,22-23,25,35,45H,4-7,20-21,24,26-27H2,1-3H3/t35-/m0/s1. The third-order valence-corrected chi connectivity index (χ3v) is 9.32. The second kappa shape index (κ2) is 14.3. The number of carbonyl (C=O) groups is 2. The van der Waals surface area contributed by atoms with Crippen molar-refractivity contribution in [3.63, 3.8) is 0 Å². The van der Waals surface area contributed by atoms with Crippen LogP contribution in [0.5, 0.6) is 0 Å². The second-order valence-corrected chi connectivity index (χ2v) is 12.6. The monoisotopic (exact) mass is 628 g/mol. The van der Waals surface area contributed by atoms with E-state index < -0.39 is 0 Å². The predicted molar refractivity (Wildman–Crippen MR) is 188 cm³/mol. The summed E-state index contributed by atoms with van der Waals surface area (Å²) >= 11 is 0. The number of carbonyl (C=O) groups excluding carboxylic acids is 2. The Balaban J connectivity index is 1.43. The molecular formula is C40H44N4O3. The first-order chi connectivity index (χ1) is 22.9. The van der Waals surface area contributed by atoms with Gasteiger partial charge in [0.15, 0.2) is 5.69 Å². The fourth-order valence-electron chi connectivity index (χ4n) is 6.58. The normalized spacial score (nSPS) is 14.3. The Labute approximate surface area is 277 Å². The first-order valence-corrected chi connectivity index (χ1v) is 16.9. The van der Waals surface area contributed by atoms with Crippen LogP contribution in [0.2, 0.25) is 0 Å². The van der Waals surface area contributed by atoms with Crippen molar-refractivity contribution >= 4 is 22.6 Å². The van der Waals surface area contributed by atoms with Crippen LogP contribution in [0.25, 0.3) is 27.6 Å². The van der Waals surface area contributed by atoms with Gasteiger partial charge in [0.05, 0.1) is 23.9 Å². The molecule has 7 nitrogen and oxygen atoms in total. The number of hydrogen-bond acceptors (Lipinski definition) is 4. The Bertz CT molecular complexity index is 1890. The molecule has 0 saturated heterocycles. The zero-order valence-corrected chi connectivity index (χ0v) is 27.7. The van der Waals surface area contributed by atoms with E-state index in [1.165, 1.54) is 0 Å². The molecule has 1 N–H and O–H groups in total. The number of rotatable bonds is 11. The lowest BCUT2D eigenvalue weighted by Gasteiger charge is -2.36. The fourth-order valence-corrected chi connectivity index (χ4v) is 6.58. The smallest absolute Gasteiger partial charge is 0.274 e. The zero-order valence-electron chi connectivity index (χ0n) is 27.7. The number of aryl methyl sites for hydroxylation is 1. The summed E-state index contributed by atoms with van der Waals surface area (Å²) in [7, 11) is 0. The minimum Gasteiger partial charge on any atom is -0.394 e. The lowest BCUT2D eigenvalue weighted by Crippen LogP contribution is -2.46. The molecule has 2 amide bonds. The summed E-state index contributed by atoms with van der Waals surface area (Å²) in [4.78, 5) is 32.1. The third-order valence-electron chi connectivity index (χ3n) is 9.32. The highest BCUT2D eigenvalue weighted by molar-refractivity contribution is 6.00. The quantitative estimate of drug-likeness (QED) is 0.163. The predicted octanol–water partition coefficient (Wildman–Crippen LogP) is 7.60. The molecular weight excluding hydrogens is 584 g/mol. The van der Waals surface area contributed by atoms with Crippen molar-refractivity contribution in [2.75, 3.05) is 19.7 Å². The van der Waals surface area contributed by atoms with Gasteiger partial charge in [0.25, 0.3) is 11.8 Å². The Kier molecular flexibility index (Phi) is 9.83. The first-order valence-electron chi connectivity index (χ1n) is 16.9. The van der Waals surface area contributed by atoms with Crippen LogP contribution in [0.15, 0.2) is 91.0 Å². The maximum atomic E-state index is 14.7. The largest absolute Gasteiger partial charge is 0.394 e. The first kappa shape index (κ1) is 32.2. The summed E-state index contributed by atoms with van der Waals surface area (Å²) in [6, 6.07) is 30.0. The Morgan fingerprint density at radius 1 is 0.830 bits per heavy atom. The van der Waals surface area contributed by atoms with Crippen molar-refractivity contribution in [3.8, 4) is 16.8 Å². The number of fused-ring (bicyclic) bond motifs is 2. The van der Waals surface area contributed by atoms with Gasteiger partial charge < -0.3 is 14.9 Å². The van der Waals surface area contributed by atoms with Gasteiger partial charge in [-0.05, 0) is 83.5 Å². The van der Waals surface area contributed by atoms with Crippen molar-refractivity contribution in [2.45, 2.75) is 65.5 Å². The minimum absolute atomic E-state index is 0.0811. The van der Waals surface area contributed by atoms with Crippen molar-refractivity contribution in [1.82, 2.24) is 19.6 Å². The summed E-state index contributed by atoms with van der Waals surface area (Å²) in [6.45, 7) is 7.85. The summed E-state index contributed by atoms with van der Waals surface area (Å²) < 4.78 is 1.73. The molecule has 1 aliphatic rings. The van der Waals surface area contributed by atoms with Crippen LogP contribution < -0.4 is 0 Å². The molecule has 242 valence electrons. The Morgan fingerprint density at radius 2 is 1.49 bits per heavy atom. The van der Waals surface area contributed by atoms with Crippen molar-refractivity contribution in [1.29, 1.82) is 0 Å². The summed E-state index contributed by atoms with van der Waals surface area (Å²) in [5.41, 5.74) is 6.40. The van der Waals surface area contributed by atoms with Gasteiger partial charge in [0, 0.05) is 25.3 Å². The van der Waals surface area contributed by atoms with Gasteiger partial charge in [-0.15, -0.1) is 0 Å². The highest BCUT2D eigenvalue weighted by Crippen LogP contribution is 2.31. The number of aromatic nitrogens is 2. The molecule has 4 aromatic carbocycles. The molecule has 5 aromatic rings. The van der Waals surface area contributed by atoms with E-state index in [0.29, 0.717) is 43.0 Å². The van der Waals surface area contributed by atoms with E-state index in [4.69, 9.17) is 5.10 Å². The molecule has 0 spiro atoms. The molecule has 0 radical (unpaired) electrons. The van der Waals surface area contributed by atoms with Crippen LogP contribution in [0.1, 0.15) is 77.2 Å². The molecule has 7 heteroatoms. The van der Waals surface area contributed by atoms with Crippen molar-refractivity contribution in [2.24, 2.45) is 0 Å². The average Bonchev–Trinajstić information content (AvgIpc) is 3.51. The van der Waals surface area contributed by atoms with E-state index in [0.717, 1.165) is 64.4 Å². The lowest BCUT2D eigenvalue weighted by molar-refractivity contribution is 0.0544. The molecule has 0 fully saturated rings. The van der Waals surface area contributed by atoms with E-state index in [2.05, 4.69) is 50.2 Å². The second-order valence-electron chi connectivity index (χ2n) is 12.6. The number of unbranched alkanes of at least 4 members (excludes halogenated alkanes) is 2. The van der Waals surface area contributed by atoms with Gasteiger partial charge >= 0.3 is 0 Å². The molecule has 1 aliphatic heterocycles. The highest BCUT2D eigenvalue weighted by Gasteiger charge is 2.32. The van der Waals surface area contributed by atoms with Gasteiger partial charge in [-0.1, -0.05) is 93.4 Å². The van der Waals surface area contributed by atoms with E-state index in [-0.39, 0.29) is 24.5 Å². The van der Waals surface area contributed by atoms with Gasteiger partial charge in [-0.2, -0.15) is 5.10 Å². The average molecular weight is 629 g/mol. The number of nitrogens with zero attached hydrogens (tertiary/aromatic N) is 4. The lowest BCUT2D eigenvalue weighted by atomic mass is 9.93. The van der Waals surface area contributed by atoms with E-state index in [1.807, 2.05) is 66.4 Å². The topological polar surface area (TPSA) is 78.7 Å². The third kappa shape index (κ3) is 6.72. The van der Waals surface area contributed by atoms with Crippen LogP contribution in [-0.4, -0.2) is 62.2 Å². The van der Waals surface area contributed by atoms with E-state index >= 15 is 0 Å². The molecule has 0 saturated carbocycles. The van der Waals surface area contributed by atoms with Gasteiger partial charge in [0.1, 0.15) is 0 Å². The minimum atomic E-state index is -0.351. The van der Waals surface area contributed by atoms with Gasteiger partial charge in [0.2, 0.25) is 0 Å². The van der Waals surface area contributed by atoms with E-state index in [9.17, 15) is 14.7 Å². The molecule has 1 atom stereocenters. The van der Waals surface area contributed by atoms with E-state index in [1.54, 1.807) is 9.58 Å². The summed E-state index contributed by atoms with van der Waals surface area (Å²) in [5, 5.41) is 17.5. The molecule has 0 unspecified atom stereocenters.